The summed E-state index contributed by atoms with van der Waals surface area (Å²) < 4.78 is 7.32. The largest absolute Gasteiger partial charge is 0.484 e. The molecule has 27 heavy (non-hydrogen) atoms. The van der Waals surface area contributed by atoms with Crippen LogP contribution in [0.1, 0.15) is 16.7 Å². The van der Waals surface area contributed by atoms with Crippen LogP contribution in [0, 0.1) is 11.3 Å². The van der Waals surface area contributed by atoms with Crippen molar-refractivity contribution in [1.82, 2.24) is 15.1 Å². The number of aromatic nitrogens is 2. The van der Waals surface area contributed by atoms with Crippen molar-refractivity contribution in [1.29, 1.82) is 5.26 Å². The van der Waals surface area contributed by atoms with E-state index in [0.29, 0.717) is 18.7 Å². The Bertz CT molecular complexity index is 895. The molecule has 0 aliphatic heterocycles. The first-order valence-corrected chi connectivity index (χ1v) is 8.63. The molecule has 136 valence electrons. The van der Waals surface area contributed by atoms with Crippen LogP contribution in [0.25, 0.3) is 0 Å². The molecule has 0 saturated heterocycles. The molecule has 6 heteroatoms. The van der Waals surface area contributed by atoms with E-state index in [4.69, 9.17) is 10.00 Å². The van der Waals surface area contributed by atoms with Gasteiger partial charge in [0.15, 0.2) is 6.61 Å². The van der Waals surface area contributed by atoms with Crippen LogP contribution in [0.4, 0.5) is 0 Å². The molecule has 3 rings (SSSR count). The molecular weight excluding hydrogens is 340 g/mol. The van der Waals surface area contributed by atoms with E-state index in [9.17, 15) is 4.79 Å². The Labute approximate surface area is 158 Å². The van der Waals surface area contributed by atoms with E-state index in [1.54, 1.807) is 18.3 Å². The van der Waals surface area contributed by atoms with E-state index in [2.05, 4.69) is 16.5 Å². The van der Waals surface area contributed by atoms with Gasteiger partial charge >= 0.3 is 0 Å². The Morgan fingerprint density at radius 3 is 2.44 bits per heavy atom. The topological polar surface area (TPSA) is 79.9 Å². The van der Waals surface area contributed by atoms with Crippen molar-refractivity contribution >= 4 is 5.91 Å². The van der Waals surface area contributed by atoms with Crippen molar-refractivity contribution in [2.75, 3.05) is 6.61 Å². The SMILES string of the molecule is N#CCc1ccc(OCC(=O)NCc2ccc(Cn3cccn3)cc2)cc1. The number of carbonyl (C=O) groups excluding carboxylic acids is 1. The number of carbonyl (C=O) groups is 1. The minimum atomic E-state index is -0.184. The number of hydrogen-bond acceptors (Lipinski definition) is 4. The van der Waals surface area contributed by atoms with Gasteiger partial charge in [-0.3, -0.25) is 9.48 Å². The molecule has 0 radical (unpaired) electrons. The van der Waals surface area contributed by atoms with Crippen LogP contribution in [0.15, 0.2) is 67.0 Å². The molecule has 0 saturated carbocycles. The summed E-state index contributed by atoms with van der Waals surface area (Å²) in [7, 11) is 0. The summed E-state index contributed by atoms with van der Waals surface area (Å²) in [5.74, 6) is 0.423. The predicted molar refractivity (Wildman–Crippen MR) is 101 cm³/mol. The number of amides is 1. The molecule has 0 aliphatic rings. The van der Waals surface area contributed by atoms with Crippen molar-refractivity contribution in [2.24, 2.45) is 0 Å². The van der Waals surface area contributed by atoms with Crippen molar-refractivity contribution in [3.05, 3.63) is 83.7 Å². The molecule has 6 nitrogen and oxygen atoms in total. The van der Waals surface area contributed by atoms with Gasteiger partial charge in [0.1, 0.15) is 5.75 Å². The van der Waals surface area contributed by atoms with Gasteiger partial charge in [-0.15, -0.1) is 0 Å². The van der Waals surface area contributed by atoms with E-state index >= 15 is 0 Å². The number of nitrogens with zero attached hydrogens (tertiary/aromatic N) is 3. The summed E-state index contributed by atoms with van der Waals surface area (Å²) in [6.45, 7) is 1.13. The number of nitriles is 1. The molecule has 0 unspecified atom stereocenters. The minimum absolute atomic E-state index is 0.0466. The van der Waals surface area contributed by atoms with Gasteiger partial charge in [0.2, 0.25) is 0 Å². The molecule has 2 aromatic carbocycles. The summed E-state index contributed by atoms with van der Waals surface area (Å²) in [5.41, 5.74) is 3.09. The van der Waals surface area contributed by atoms with Crippen LogP contribution in [0.2, 0.25) is 0 Å². The number of ether oxygens (including phenoxy) is 1. The van der Waals surface area contributed by atoms with Crippen LogP contribution >= 0.6 is 0 Å². The second kappa shape index (κ2) is 9.20. The molecule has 0 fully saturated rings. The van der Waals surface area contributed by atoms with E-state index in [0.717, 1.165) is 23.2 Å². The Balaban J connectivity index is 1.41. The standard InChI is InChI=1S/C21H20N4O2/c22-11-10-17-6-8-20(9-7-17)27-16-21(26)23-14-18-2-4-19(5-3-18)15-25-13-1-12-24-25/h1-9,12-13H,10,14-16H2,(H,23,26). The Hall–Kier alpha value is -3.59. The van der Waals surface area contributed by atoms with Gasteiger partial charge in [-0.05, 0) is 34.9 Å². The predicted octanol–water partition coefficient (Wildman–Crippen LogP) is 2.69. The first-order chi connectivity index (χ1) is 13.2. The second-order valence-corrected chi connectivity index (χ2v) is 6.06. The zero-order chi connectivity index (χ0) is 18.9. The molecular formula is C21H20N4O2. The van der Waals surface area contributed by atoms with Gasteiger partial charge < -0.3 is 10.1 Å². The maximum atomic E-state index is 11.9. The molecule has 3 aromatic rings. The lowest BCUT2D eigenvalue weighted by Gasteiger charge is -2.09. The zero-order valence-corrected chi connectivity index (χ0v) is 14.8. The highest BCUT2D eigenvalue weighted by atomic mass is 16.5. The summed E-state index contributed by atoms with van der Waals surface area (Å²) in [6, 6.07) is 19.2. The van der Waals surface area contributed by atoms with Gasteiger partial charge in [-0.1, -0.05) is 36.4 Å². The average Bonchev–Trinajstić information content (AvgIpc) is 3.20. The first-order valence-electron chi connectivity index (χ1n) is 8.63. The van der Waals surface area contributed by atoms with Gasteiger partial charge in [0.25, 0.3) is 5.91 Å². The van der Waals surface area contributed by atoms with E-state index in [1.165, 1.54) is 0 Å². The molecule has 0 aliphatic carbocycles. The first kappa shape index (κ1) is 18.2. The molecule has 0 spiro atoms. The molecule has 1 N–H and O–H groups in total. The number of hydrogen-bond donors (Lipinski definition) is 1. The molecule has 1 heterocycles. The number of rotatable bonds is 8. The number of benzene rings is 2. The third-order valence-electron chi connectivity index (χ3n) is 3.99. The lowest BCUT2D eigenvalue weighted by molar-refractivity contribution is -0.123. The van der Waals surface area contributed by atoms with Crippen molar-refractivity contribution in [3.8, 4) is 11.8 Å². The maximum absolute atomic E-state index is 11.9. The fourth-order valence-electron chi connectivity index (χ4n) is 2.54. The highest BCUT2D eigenvalue weighted by Gasteiger charge is 2.04. The van der Waals surface area contributed by atoms with Gasteiger partial charge in [-0.25, -0.2) is 0 Å². The second-order valence-electron chi connectivity index (χ2n) is 6.06. The van der Waals surface area contributed by atoms with Crippen molar-refractivity contribution < 1.29 is 9.53 Å². The average molecular weight is 360 g/mol. The normalized spacial score (nSPS) is 10.2. The molecule has 1 aromatic heterocycles. The summed E-state index contributed by atoms with van der Waals surface area (Å²) in [5, 5.41) is 15.7. The van der Waals surface area contributed by atoms with Crippen LogP contribution in [0.3, 0.4) is 0 Å². The van der Waals surface area contributed by atoms with E-state index in [1.807, 2.05) is 53.3 Å². The smallest absolute Gasteiger partial charge is 0.258 e. The monoisotopic (exact) mass is 360 g/mol. The van der Waals surface area contributed by atoms with Crippen molar-refractivity contribution in [3.63, 3.8) is 0 Å². The molecule has 0 atom stereocenters. The third kappa shape index (κ3) is 5.72. The Morgan fingerprint density at radius 2 is 1.78 bits per heavy atom. The highest BCUT2D eigenvalue weighted by Crippen LogP contribution is 2.12. The Morgan fingerprint density at radius 1 is 1.07 bits per heavy atom. The van der Waals surface area contributed by atoms with Crippen LogP contribution in [-0.4, -0.2) is 22.3 Å². The molecule has 1 amide bonds. The summed E-state index contributed by atoms with van der Waals surface area (Å²) in [4.78, 5) is 11.9. The van der Waals surface area contributed by atoms with Crippen molar-refractivity contribution in [2.45, 2.75) is 19.5 Å². The minimum Gasteiger partial charge on any atom is -0.484 e. The quantitative estimate of drug-likeness (QED) is 0.670. The molecule has 0 bridgehead atoms. The zero-order valence-electron chi connectivity index (χ0n) is 14.8. The third-order valence-corrected chi connectivity index (χ3v) is 3.99. The van der Waals surface area contributed by atoms with E-state index in [-0.39, 0.29) is 12.5 Å². The van der Waals surface area contributed by atoms with Gasteiger partial charge in [0.05, 0.1) is 19.0 Å². The summed E-state index contributed by atoms with van der Waals surface area (Å²) >= 11 is 0. The summed E-state index contributed by atoms with van der Waals surface area (Å²) in [6.07, 6.45) is 4.04. The lowest BCUT2D eigenvalue weighted by Crippen LogP contribution is -2.28. The van der Waals surface area contributed by atoms with E-state index < -0.39 is 0 Å². The van der Waals surface area contributed by atoms with Crippen LogP contribution < -0.4 is 10.1 Å². The van der Waals surface area contributed by atoms with Gasteiger partial charge in [-0.2, -0.15) is 10.4 Å². The van der Waals surface area contributed by atoms with Gasteiger partial charge in [0, 0.05) is 18.9 Å². The Kier molecular flexibility index (Phi) is 6.21. The number of nitrogens with one attached hydrogen (secondary N) is 1. The maximum Gasteiger partial charge on any atom is 0.258 e. The lowest BCUT2D eigenvalue weighted by atomic mass is 10.1. The van der Waals surface area contributed by atoms with Crippen LogP contribution in [-0.2, 0) is 24.3 Å². The fraction of sp³-hybridized carbons (Fsp3) is 0.190. The fourth-order valence-corrected chi connectivity index (χ4v) is 2.54. The van der Waals surface area contributed by atoms with Crippen LogP contribution in [0.5, 0.6) is 5.75 Å². The highest BCUT2D eigenvalue weighted by molar-refractivity contribution is 5.77.